The highest BCUT2D eigenvalue weighted by Gasteiger charge is 2.15. The molecule has 0 fully saturated rings. The van der Waals surface area contributed by atoms with Crippen molar-refractivity contribution in [3.63, 3.8) is 0 Å². The molecule has 8 heteroatoms. The van der Waals surface area contributed by atoms with Crippen LogP contribution in [0.15, 0.2) is 76.3 Å². The molecule has 2 heterocycles. The number of aryl methyl sites for hydroxylation is 1. The summed E-state index contributed by atoms with van der Waals surface area (Å²) in [7, 11) is 0. The minimum absolute atomic E-state index is 0.151. The average molecular weight is 486 g/mol. The van der Waals surface area contributed by atoms with Crippen LogP contribution in [0.5, 0.6) is 11.5 Å². The fraction of sp³-hybridized carbons (Fsp3) is 0.250. The van der Waals surface area contributed by atoms with Crippen molar-refractivity contribution in [1.29, 1.82) is 0 Å². The molecular formula is C28H27N3O5. The van der Waals surface area contributed by atoms with Gasteiger partial charge in [-0.3, -0.25) is 18.7 Å². The predicted molar refractivity (Wildman–Crippen MR) is 136 cm³/mol. The molecule has 1 aliphatic rings. The quantitative estimate of drug-likeness (QED) is 0.413. The Hall–Kier alpha value is -4.33. The second-order valence-corrected chi connectivity index (χ2v) is 8.90. The van der Waals surface area contributed by atoms with Crippen LogP contribution in [0.25, 0.3) is 10.9 Å². The summed E-state index contributed by atoms with van der Waals surface area (Å²) in [6, 6.07) is 20.6. The van der Waals surface area contributed by atoms with Crippen molar-refractivity contribution in [2.45, 2.75) is 39.4 Å². The van der Waals surface area contributed by atoms with Crippen molar-refractivity contribution >= 4 is 16.8 Å². The van der Waals surface area contributed by atoms with E-state index >= 15 is 0 Å². The van der Waals surface area contributed by atoms with Gasteiger partial charge in [0.25, 0.3) is 5.56 Å². The van der Waals surface area contributed by atoms with Crippen molar-refractivity contribution in [2.24, 2.45) is 0 Å². The third kappa shape index (κ3) is 4.88. The molecule has 184 valence electrons. The highest BCUT2D eigenvalue weighted by atomic mass is 16.7. The number of hydrogen-bond acceptors (Lipinski definition) is 5. The molecule has 1 amide bonds. The van der Waals surface area contributed by atoms with Crippen LogP contribution >= 0.6 is 0 Å². The molecule has 3 aromatic carbocycles. The van der Waals surface area contributed by atoms with E-state index in [1.54, 1.807) is 22.8 Å². The molecular weight excluding hydrogens is 458 g/mol. The van der Waals surface area contributed by atoms with Crippen LogP contribution in [-0.2, 0) is 24.4 Å². The number of amides is 1. The van der Waals surface area contributed by atoms with Gasteiger partial charge in [-0.1, -0.05) is 48.0 Å². The molecule has 0 spiro atoms. The Morgan fingerprint density at radius 2 is 1.67 bits per heavy atom. The molecule has 0 saturated heterocycles. The number of nitrogens with one attached hydrogen (secondary N) is 1. The molecule has 0 atom stereocenters. The first kappa shape index (κ1) is 23.4. The summed E-state index contributed by atoms with van der Waals surface area (Å²) in [4.78, 5) is 38.9. The van der Waals surface area contributed by atoms with Crippen LogP contribution in [0.1, 0.15) is 29.5 Å². The number of ether oxygens (including phenoxy) is 2. The van der Waals surface area contributed by atoms with Crippen LogP contribution < -0.4 is 26.0 Å². The van der Waals surface area contributed by atoms with Crippen molar-refractivity contribution in [3.05, 3.63) is 104 Å². The third-order valence-electron chi connectivity index (χ3n) is 6.31. The van der Waals surface area contributed by atoms with E-state index in [2.05, 4.69) is 5.32 Å². The van der Waals surface area contributed by atoms with Crippen molar-refractivity contribution in [2.75, 3.05) is 6.79 Å². The third-order valence-corrected chi connectivity index (χ3v) is 6.31. The van der Waals surface area contributed by atoms with Crippen molar-refractivity contribution in [1.82, 2.24) is 14.5 Å². The van der Waals surface area contributed by atoms with E-state index in [0.29, 0.717) is 41.9 Å². The van der Waals surface area contributed by atoms with Gasteiger partial charge >= 0.3 is 5.69 Å². The van der Waals surface area contributed by atoms with E-state index < -0.39 is 0 Å². The highest BCUT2D eigenvalue weighted by Crippen LogP contribution is 2.32. The van der Waals surface area contributed by atoms with Crippen molar-refractivity contribution in [3.8, 4) is 11.5 Å². The maximum Gasteiger partial charge on any atom is 0.331 e. The van der Waals surface area contributed by atoms with Crippen LogP contribution in [0.2, 0.25) is 0 Å². The number of benzene rings is 3. The molecule has 4 aromatic rings. The van der Waals surface area contributed by atoms with Crippen LogP contribution in [-0.4, -0.2) is 21.8 Å². The van der Waals surface area contributed by atoms with E-state index in [-0.39, 0.29) is 36.9 Å². The molecule has 0 saturated carbocycles. The lowest BCUT2D eigenvalue weighted by molar-refractivity contribution is -0.121. The number of para-hydroxylation sites is 1. The summed E-state index contributed by atoms with van der Waals surface area (Å²) in [5.41, 5.74) is 2.90. The minimum Gasteiger partial charge on any atom is -0.454 e. The Bertz CT molecular complexity index is 1540. The lowest BCUT2D eigenvalue weighted by atomic mass is 10.1. The van der Waals surface area contributed by atoms with E-state index in [1.165, 1.54) is 4.57 Å². The van der Waals surface area contributed by atoms with E-state index in [9.17, 15) is 14.4 Å². The monoisotopic (exact) mass is 485 g/mol. The molecule has 0 aliphatic carbocycles. The summed E-state index contributed by atoms with van der Waals surface area (Å²) >= 11 is 0. The molecule has 36 heavy (non-hydrogen) atoms. The van der Waals surface area contributed by atoms with Gasteiger partial charge in [-0.15, -0.1) is 0 Å². The Balaban J connectivity index is 1.28. The number of carbonyl (C=O) groups excluding carboxylic acids is 1. The second-order valence-electron chi connectivity index (χ2n) is 8.90. The number of hydrogen-bond donors (Lipinski definition) is 1. The number of aromatic nitrogens is 2. The van der Waals surface area contributed by atoms with Crippen molar-refractivity contribution < 1.29 is 14.3 Å². The normalized spacial score (nSPS) is 12.1. The predicted octanol–water partition coefficient (Wildman–Crippen LogP) is 3.35. The molecule has 0 bridgehead atoms. The van der Waals surface area contributed by atoms with Gasteiger partial charge in [0, 0.05) is 19.5 Å². The molecule has 0 radical (unpaired) electrons. The number of rotatable bonds is 8. The topological polar surface area (TPSA) is 91.6 Å². The lowest BCUT2D eigenvalue weighted by Crippen LogP contribution is -2.40. The van der Waals surface area contributed by atoms with Crippen LogP contribution in [0.3, 0.4) is 0 Å². The van der Waals surface area contributed by atoms with Gasteiger partial charge < -0.3 is 14.8 Å². The molecule has 1 N–H and O–H groups in total. The average Bonchev–Trinajstić information content (AvgIpc) is 3.36. The van der Waals surface area contributed by atoms with Crippen LogP contribution in [0.4, 0.5) is 0 Å². The van der Waals surface area contributed by atoms with E-state index in [1.807, 2.05) is 55.5 Å². The standard InChI is InChI=1S/C28H27N3O5/c1-19-8-10-20(11-9-19)17-31-23-6-3-2-5-22(23)27(33)30(28(31)34)14-4-7-26(32)29-16-21-12-13-24-25(15-21)36-18-35-24/h2-3,5-6,8-13,15H,4,7,14,16-18H2,1H3,(H,29,32). The number of nitrogens with zero attached hydrogens (tertiary/aromatic N) is 2. The van der Waals surface area contributed by atoms with Crippen LogP contribution in [0, 0.1) is 6.92 Å². The Labute approximate surface area is 207 Å². The lowest BCUT2D eigenvalue weighted by Gasteiger charge is -2.14. The van der Waals surface area contributed by atoms with Gasteiger partial charge in [-0.25, -0.2) is 4.79 Å². The fourth-order valence-electron chi connectivity index (χ4n) is 4.33. The second kappa shape index (κ2) is 10.1. The van der Waals surface area contributed by atoms with Gasteiger partial charge in [0.2, 0.25) is 12.7 Å². The smallest absolute Gasteiger partial charge is 0.331 e. The largest absolute Gasteiger partial charge is 0.454 e. The van der Waals surface area contributed by atoms with E-state index in [4.69, 9.17) is 9.47 Å². The maximum absolute atomic E-state index is 13.4. The molecule has 1 aromatic heterocycles. The Morgan fingerprint density at radius 3 is 2.50 bits per heavy atom. The zero-order valence-electron chi connectivity index (χ0n) is 20.0. The number of carbonyl (C=O) groups is 1. The highest BCUT2D eigenvalue weighted by molar-refractivity contribution is 5.78. The summed E-state index contributed by atoms with van der Waals surface area (Å²) < 4.78 is 13.5. The summed E-state index contributed by atoms with van der Waals surface area (Å²) in [6.45, 7) is 3.08. The Kier molecular flexibility index (Phi) is 6.58. The van der Waals surface area contributed by atoms with E-state index in [0.717, 1.165) is 16.7 Å². The zero-order chi connectivity index (χ0) is 25.1. The molecule has 8 nitrogen and oxygen atoms in total. The van der Waals surface area contributed by atoms with Gasteiger partial charge in [0.15, 0.2) is 11.5 Å². The number of fused-ring (bicyclic) bond motifs is 2. The minimum atomic E-state index is -0.375. The first-order chi connectivity index (χ1) is 17.5. The van der Waals surface area contributed by atoms with Gasteiger partial charge in [0.05, 0.1) is 17.4 Å². The van der Waals surface area contributed by atoms with Gasteiger partial charge in [-0.2, -0.15) is 0 Å². The summed E-state index contributed by atoms with van der Waals surface area (Å²) in [6.07, 6.45) is 0.562. The first-order valence-corrected chi connectivity index (χ1v) is 11.9. The zero-order valence-corrected chi connectivity index (χ0v) is 20.0. The van der Waals surface area contributed by atoms with Gasteiger partial charge in [-0.05, 0) is 48.7 Å². The molecule has 1 aliphatic heterocycles. The Morgan fingerprint density at radius 1 is 0.917 bits per heavy atom. The van der Waals surface area contributed by atoms with Gasteiger partial charge in [0.1, 0.15) is 0 Å². The first-order valence-electron chi connectivity index (χ1n) is 11.9. The summed E-state index contributed by atoms with van der Waals surface area (Å²) in [5.74, 6) is 1.21. The molecule has 5 rings (SSSR count). The summed E-state index contributed by atoms with van der Waals surface area (Å²) in [5, 5.41) is 3.36. The molecule has 0 unspecified atom stereocenters. The SMILES string of the molecule is Cc1ccc(Cn2c(=O)n(CCCC(=O)NCc3ccc4c(c3)OCO4)c(=O)c3ccccc32)cc1. The fourth-order valence-corrected chi connectivity index (χ4v) is 4.33. The maximum atomic E-state index is 13.4.